The van der Waals surface area contributed by atoms with Gasteiger partial charge in [-0.15, -0.1) is 0 Å². The third-order valence-corrected chi connectivity index (χ3v) is 3.57. The molecule has 0 aliphatic heterocycles. The van der Waals surface area contributed by atoms with Gasteiger partial charge in [-0.05, 0) is 37.6 Å². The van der Waals surface area contributed by atoms with Gasteiger partial charge in [-0.2, -0.15) is 0 Å². The van der Waals surface area contributed by atoms with Gasteiger partial charge in [0, 0.05) is 23.0 Å². The van der Waals surface area contributed by atoms with Crippen molar-refractivity contribution in [3.05, 3.63) is 63.5 Å². The van der Waals surface area contributed by atoms with E-state index in [0.29, 0.717) is 10.7 Å². The van der Waals surface area contributed by atoms with Gasteiger partial charge >= 0.3 is 5.97 Å². The van der Waals surface area contributed by atoms with Crippen LogP contribution in [0.2, 0.25) is 5.02 Å². The number of aryl methyl sites for hydroxylation is 1. The zero-order valence-electron chi connectivity index (χ0n) is 13.3. The molecule has 1 heterocycles. The van der Waals surface area contributed by atoms with Gasteiger partial charge in [0.1, 0.15) is 6.54 Å². The van der Waals surface area contributed by atoms with E-state index in [4.69, 9.17) is 16.3 Å². The number of nitrogens with one attached hydrogen (secondary N) is 1. The second kappa shape index (κ2) is 7.79. The van der Waals surface area contributed by atoms with E-state index in [1.165, 1.54) is 23.8 Å². The second-order valence-electron chi connectivity index (χ2n) is 5.25. The summed E-state index contributed by atoms with van der Waals surface area (Å²) in [5.41, 5.74) is 1.07. The summed E-state index contributed by atoms with van der Waals surface area (Å²) in [5.74, 6) is -1.15. The summed E-state index contributed by atoms with van der Waals surface area (Å²) in [6.45, 7) is 3.03. The van der Waals surface area contributed by atoms with Crippen molar-refractivity contribution in [2.45, 2.75) is 26.5 Å². The minimum absolute atomic E-state index is 0.256. The predicted molar refractivity (Wildman–Crippen MR) is 91.1 cm³/mol. The molecular weight excluding hydrogens is 332 g/mol. The molecule has 1 amide bonds. The second-order valence-corrected chi connectivity index (χ2v) is 5.68. The van der Waals surface area contributed by atoms with Crippen LogP contribution in [0.4, 0.5) is 5.69 Å². The van der Waals surface area contributed by atoms with Crippen molar-refractivity contribution < 1.29 is 14.3 Å². The van der Waals surface area contributed by atoms with Crippen LogP contribution in [0.3, 0.4) is 0 Å². The van der Waals surface area contributed by atoms with E-state index in [-0.39, 0.29) is 12.1 Å². The summed E-state index contributed by atoms with van der Waals surface area (Å²) in [5, 5.41) is 3.15. The lowest BCUT2D eigenvalue weighted by molar-refractivity contribution is -0.153. The molecule has 0 fully saturated rings. The first kappa shape index (κ1) is 17.7. The molecular formula is C17H17ClN2O4. The Bertz CT molecular complexity index is 816. The van der Waals surface area contributed by atoms with E-state index in [1.54, 1.807) is 30.3 Å². The molecule has 0 aliphatic carbocycles. The van der Waals surface area contributed by atoms with E-state index < -0.39 is 18.0 Å². The maximum absolute atomic E-state index is 12.1. The Balaban J connectivity index is 1.96. The average Bonchev–Trinajstić information content (AvgIpc) is 2.53. The third kappa shape index (κ3) is 4.70. The largest absolute Gasteiger partial charge is 0.451 e. The minimum atomic E-state index is -1.00. The van der Waals surface area contributed by atoms with E-state index in [2.05, 4.69) is 5.32 Å². The van der Waals surface area contributed by atoms with Crippen molar-refractivity contribution >= 4 is 29.2 Å². The van der Waals surface area contributed by atoms with Crippen LogP contribution in [0.15, 0.2) is 47.4 Å². The summed E-state index contributed by atoms with van der Waals surface area (Å²) in [6.07, 6.45) is 0.471. The topological polar surface area (TPSA) is 77.4 Å². The highest BCUT2D eigenvalue weighted by molar-refractivity contribution is 6.31. The molecule has 0 saturated heterocycles. The number of benzene rings is 1. The van der Waals surface area contributed by atoms with Crippen LogP contribution in [0.5, 0.6) is 0 Å². The lowest BCUT2D eigenvalue weighted by Crippen LogP contribution is -2.32. The van der Waals surface area contributed by atoms with Gasteiger partial charge in [0.2, 0.25) is 0 Å². The third-order valence-electron chi connectivity index (χ3n) is 3.33. The molecule has 2 rings (SSSR count). The lowest BCUT2D eigenvalue weighted by Gasteiger charge is -2.15. The molecule has 0 aliphatic rings. The number of halogens is 1. The Kier molecular flexibility index (Phi) is 5.76. The van der Waals surface area contributed by atoms with Gasteiger partial charge in [-0.3, -0.25) is 14.4 Å². The van der Waals surface area contributed by atoms with Crippen molar-refractivity contribution in [3.8, 4) is 0 Å². The van der Waals surface area contributed by atoms with Gasteiger partial charge in [-0.1, -0.05) is 23.7 Å². The smallest absolute Gasteiger partial charge is 0.326 e. The quantitative estimate of drug-likeness (QED) is 0.841. The molecule has 1 aromatic heterocycles. The lowest BCUT2D eigenvalue weighted by atomic mass is 10.2. The molecule has 0 spiro atoms. The zero-order chi connectivity index (χ0) is 17.7. The molecule has 0 saturated carbocycles. The van der Waals surface area contributed by atoms with Crippen LogP contribution in [0, 0.1) is 6.92 Å². The van der Waals surface area contributed by atoms with Crippen molar-refractivity contribution in [2.24, 2.45) is 0 Å². The fourth-order valence-electron chi connectivity index (χ4n) is 1.98. The van der Waals surface area contributed by atoms with Crippen LogP contribution in [-0.2, 0) is 20.9 Å². The fourth-order valence-corrected chi connectivity index (χ4v) is 2.15. The summed E-state index contributed by atoms with van der Waals surface area (Å²) in [4.78, 5) is 35.5. The van der Waals surface area contributed by atoms with Crippen molar-refractivity contribution in [1.82, 2.24) is 4.57 Å². The number of rotatable bonds is 5. The number of ether oxygens (including phenoxy) is 1. The first-order valence-corrected chi connectivity index (χ1v) is 7.66. The van der Waals surface area contributed by atoms with E-state index >= 15 is 0 Å². The molecule has 1 aromatic carbocycles. The molecule has 6 nitrogen and oxygen atoms in total. The number of aromatic nitrogens is 1. The summed E-state index contributed by atoms with van der Waals surface area (Å²) >= 11 is 5.90. The summed E-state index contributed by atoms with van der Waals surface area (Å²) < 4.78 is 6.27. The Morgan fingerprint density at radius 1 is 1.29 bits per heavy atom. The number of esters is 1. The van der Waals surface area contributed by atoms with E-state index in [1.807, 2.05) is 6.92 Å². The first-order chi connectivity index (χ1) is 11.4. The number of pyridine rings is 1. The normalized spacial score (nSPS) is 11.6. The van der Waals surface area contributed by atoms with Crippen molar-refractivity contribution in [2.75, 3.05) is 5.32 Å². The van der Waals surface area contributed by atoms with Gasteiger partial charge in [0.15, 0.2) is 6.10 Å². The van der Waals surface area contributed by atoms with Crippen LogP contribution < -0.4 is 10.9 Å². The number of nitrogens with zero attached hydrogens (tertiary/aromatic N) is 1. The van der Waals surface area contributed by atoms with Crippen molar-refractivity contribution in [1.29, 1.82) is 0 Å². The van der Waals surface area contributed by atoms with Crippen LogP contribution in [0.1, 0.15) is 12.5 Å². The van der Waals surface area contributed by atoms with Crippen LogP contribution in [-0.4, -0.2) is 22.5 Å². The number of hydrogen-bond acceptors (Lipinski definition) is 4. The highest BCUT2D eigenvalue weighted by atomic mass is 35.5. The summed E-state index contributed by atoms with van der Waals surface area (Å²) in [7, 11) is 0. The number of amides is 1. The van der Waals surface area contributed by atoms with Crippen molar-refractivity contribution in [3.63, 3.8) is 0 Å². The zero-order valence-corrected chi connectivity index (χ0v) is 14.0. The Morgan fingerprint density at radius 3 is 2.75 bits per heavy atom. The molecule has 0 bridgehead atoms. The molecule has 2 aromatic rings. The minimum Gasteiger partial charge on any atom is -0.451 e. The molecule has 0 radical (unpaired) electrons. The number of anilines is 1. The Morgan fingerprint density at radius 2 is 2.04 bits per heavy atom. The number of carbonyl (C=O) groups excluding carboxylic acids is 2. The number of carbonyl (C=O) groups is 2. The first-order valence-electron chi connectivity index (χ1n) is 7.29. The predicted octanol–water partition coefficient (Wildman–Crippen LogP) is 2.38. The van der Waals surface area contributed by atoms with Gasteiger partial charge < -0.3 is 14.6 Å². The van der Waals surface area contributed by atoms with Gasteiger partial charge in [-0.25, -0.2) is 0 Å². The molecule has 126 valence electrons. The summed E-state index contributed by atoms with van der Waals surface area (Å²) in [6, 6.07) is 9.66. The standard InChI is InChI=1S/C17H17ClN2O4/c1-11-6-7-13(18)9-14(11)19-17(23)12(2)24-16(22)10-20-8-4-3-5-15(20)21/h3-9,12H,10H2,1-2H3,(H,19,23)/t12-/m1/s1. The maximum atomic E-state index is 12.1. The van der Waals surface area contributed by atoms with Gasteiger partial charge in [0.05, 0.1) is 0 Å². The number of hydrogen-bond donors (Lipinski definition) is 1. The highest BCUT2D eigenvalue weighted by Crippen LogP contribution is 2.20. The SMILES string of the molecule is Cc1ccc(Cl)cc1NC(=O)[C@@H](C)OC(=O)Cn1ccccc1=O. The monoisotopic (exact) mass is 348 g/mol. The Hall–Kier alpha value is -2.60. The van der Waals surface area contributed by atoms with E-state index in [9.17, 15) is 14.4 Å². The average molecular weight is 349 g/mol. The highest BCUT2D eigenvalue weighted by Gasteiger charge is 2.19. The van der Waals surface area contributed by atoms with Gasteiger partial charge in [0.25, 0.3) is 11.5 Å². The molecule has 1 N–H and O–H groups in total. The van der Waals surface area contributed by atoms with Crippen LogP contribution in [0.25, 0.3) is 0 Å². The van der Waals surface area contributed by atoms with Crippen LogP contribution >= 0.6 is 11.6 Å². The maximum Gasteiger partial charge on any atom is 0.326 e. The molecule has 24 heavy (non-hydrogen) atoms. The van der Waals surface area contributed by atoms with E-state index in [0.717, 1.165) is 5.56 Å². The molecule has 0 unspecified atom stereocenters. The Labute approximate surface area is 144 Å². The molecule has 7 heteroatoms. The fraction of sp³-hybridized carbons (Fsp3) is 0.235. The molecule has 1 atom stereocenters.